The van der Waals surface area contributed by atoms with Crippen molar-refractivity contribution in [2.75, 3.05) is 0 Å². The summed E-state index contributed by atoms with van der Waals surface area (Å²) < 4.78 is 0. The standard InChI is InChI=1S/C4H8N2O4/c5-2(1-3(7)8)4(9)10-6/h2H,1,5-6H2,(H,7,8). The second kappa shape index (κ2) is 3.80. The number of carbonyl (C=O) groups excluding carboxylic acids is 1. The lowest BCUT2D eigenvalue weighted by Crippen LogP contribution is -2.35. The number of carboxylic acids is 1. The van der Waals surface area contributed by atoms with Gasteiger partial charge in [-0.3, -0.25) is 4.79 Å². The maximum absolute atomic E-state index is 10.3. The molecule has 0 spiro atoms. The molecule has 0 saturated heterocycles. The summed E-state index contributed by atoms with van der Waals surface area (Å²) in [5.74, 6) is 2.33. The fourth-order valence-corrected chi connectivity index (χ4v) is 0.359. The van der Waals surface area contributed by atoms with Crippen LogP contribution in [0.15, 0.2) is 0 Å². The van der Waals surface area contributed by atoms with Gasteiger partial charge in [-0.05, 0) is 0 Å². The van der Waals surface area contributed by atoms with Crippen LogP contribution in [0, 0.1) is 0 Å². The summed E-state index contributed by atoms with van der Waals surface area (Å²) in [6.07, 6.45) is -0.476. The molecule has 6 nitrogen and oxygen atoms in total. The van der Waals surface area contributed by atoms with E-state index < -0.39 is 24.4 Å². The lowest BCUT2D eigenvalue weighted by molar-refractivity contribution is -0.149. The van der Waals surface area contributed by atoms with Gasteiger partial charge in [-0.1, -0.05) is 0 Å². The van der Waals surface area contributed by atoms with Crippen molar-refractivity contribution < 1.29 is 19.5 Å². The largest absolute Gasteiger partial charge is 0.481 e. The first-order valence-electron chi connectivity index (χ1n) is 2.46. The second-order valence-electron chi connectivity index (χ2n) is 1.64. The van der Waals surface area contributed by atoms with Crippen molar-refractivity contribution in [3.8, 4) is 0 Å². The van der Waals surface area contributed by atoms with Gasteiger partial charge in [0, 0.05) is 0 Å². The minimum absolute atomic E-state index is 0.476. The Kier molecular flexibility index (Phi) is 3.37. The average molecular weight is 148 g/mol. The molecular weight excluding hydrogens is 140 g/mol. The van der Waals surface area contributed by atoms with Gasteiger partial charge in [0.25, 0.3) is 0 Å². The highest BCUT2D eigenvalue weighted by Crippen LogP contribution is 1.88. The smallest absolute Gasteiger partial charge is 0.341 e. The molecule has 6 heteroatoms. The molecule has 0 rings (SSSR count). The molecule has 1 atom stereocenters. The normalized spacial score (nSPS) is 12.2. The predicted molar refractivity (Wildman–Crippen MR) is 30.5 cm³/mol. The van der Waals surface area contributed by atoms with E-state index in [-0.39, 0.29) is 0 Å². The summed E-state index contributed by atoms with van der Waals surface area (Å²) in [5, 5.41) is 8.10. The molecule has 0 bridgehead atoms. The molecule has 10 heavy (non-hydrogen) atoms. The Hall–Kier alpha value is -1.14. The average Bonchev–Trinajstić information content (AvgIpc) is 1.85. The van der Waals surface area contributed by atoms with Crippen molar-refractivity contribution in [1.29, 1.82) is 0 Å². The van der Waals surface area contributed by atoms with Crippen LogP contribution >= 0.6 is 0 Å². The minimum atomic E-state index is -1.18. The summed E-state index contributed by atoms with van der Waals surface area (Å²) in [6, 6.07) is -1.18. The topological polar surface area (TPSA) is 116 Å². The third-order valence-electron chi connectivity index (χ3n) is 0.813. The molecule has 1 unspecified atom stereocenters. The fraction of sp³-hybridized carbons (Fsp3) is 0.500. The van der Waals surface area contributed by atoms with Crippen molar-refractivity contribution in [3.05, 3.63) is 0 Å². The van der Waals surface area contributed by atoms with Gasteiger partial charge in [-0.25, -0.2) is 4.79 Å². The highest BCUT2D eigenvalue weighted by Gasteiger charge is 2.17. The van der Waals surface area contributed by atoms with E-state index in [0.29, 0.717) is 0 Å². The summed E-state index contributed by atoms with van der Waals surface area (Å²) in [4.78, 5) is 23.9. The minimum Gasteiger partial charge on any atom is -0.481 e. The Morgan fingerprint density at radius 1 is 1.60 bits per heavy atom. The number of aliphatic carboxylic acids is 1. The van der Waals surface area contributed by atoms with Gasteiger partial charge in [-0.15, -0.1) is 0 Å². The number of rotatable bonds is 3. The Labute approximate surface area is 56.7 Å². The molecule has 0 amide bonds. The SMILES string of the molecule is NOC(=O)C(N)CC(=O)O. The van der Waals surface area contributed by atoms with Crippen molar-refractivity contribution >= 4 is 11.9 Å². The van der Waals surface area contributed by atoms with Crippen molar-refractivity contribution in [3.63, 3.8) is 0 Å². The molecule has 0 saturated carbocycles. The van der Waals surface area contributed by atoms with E-state index in [9.17, 15) is 9.59 Å². The van der Waals surface area contributed by atoms with Gasteiger partial charge in [-0.2, -0.15) is 5.90 Å². The zero-order chi connectivity index (χ0) is 8.15. The van der Waals surface area contributed by atoms with Gasteiger partial charge in [0.05, 0.1) is 6.42 Å². The number of carbonyl (C=O) groups is 2. The maximum Gasteiger partial charge on any atom is 0.341 e. The van der Waals surface area contributed by atoms with Gasteiger partial charge in [0.1, 0.15) is 6.04 Å². The van der Waals surface area contributed by atoms with Crippen LogP contribution in [0.5, 0.6) is 0 Å². The molecule has 0 aromatic rings. The van der Waals surface area contributed by atoms with Crippen molar-refractivity contribution in [2.24, 2.45) is 11.6 Å². The molecule has 0 aromatic carbocycles. The van der Waals surface area contributed by atoms with Crippen LogP contribution in [0.1, 0.15) is 6.42 Å². The lowest BCUT2D eigenvalue weighted by atomic mass is 10.2. The zero-order valence-electron chi connectivity index (χ0n) is 5.11. The van der Waals surface area contributed by atoms with Crippen LogP contribution in [0.4, 0.5) is 0 Å². The number of carboxylic acid groups (broad SMARTS) is 1. The first-order valence-corrected chi connectivity index (χ1v) is 2.46. The zero-order valence-corrected chi connectivity index (χ0v) is 5.11. The van der Waals surface area contributed by atoms with Crippen molar-refractivity contribution in [1.82, 2.24) is 0 Å². The molecule has 58 valence electrons. The van der Waals surface area contributed by atoms with Gasteiger partial charge in [0.2, 0.25) is 0 Å². The molecule has 0 aliphatic heterocycles. The van der Waals surface area contributed by atoms with Crippen LogP contribution in [-0.2, 0) is 14.4 Å². The second-order valence-corrected chi connectivity index (χ2v) is 1.64. The van der Waals surface area contributed by atoms with Crippen LogP contribution in [0.25, 0.3) is 0 Å². The first kappa shape index (κ1) is 8.86. The Morgan fingerprint density at radius 2 is 2.10 bits per heavy atom. The molecule has 0 aromatic heterocycles. The molecule has 0 aliphatic rings. The van der Waals surface area contributed by atoms with E-state index in [4.69, 9.17) is 10.8 Å². The highest BCUT2D eigenvalue weighted by molar-refractivity contribution is 5.81. The van der Waals surface area contributed by atoms with E-state index in [1.54, 1.807) is 0 Å². The summed E-state index contributed by atoms with van der Waals surface area (Å²) in [7, 11) is 0. The Morgan fingerprint density at radius 3 is 2.40 bits per heavy atom. The third-order valence-corrected chi connectivity index (χ3v) is 0.813. The number of hydrogen-bond donors (Lipinski definition) is 3. The highest BCUT2D eigenvalue weighted by atomic mass is 16.7. The summed E-state index contributed by atoms with van der Waals surface area (Å²) >= 11 is 0. The van der Waals surface area contributed by atoms with Crippen LogP contribution < -0.4 is 11.6 Å². The van der Waals surface area contributed by atoms with Gasteiger partial charge in [0.15, 0.2) is 0 Å². The van der Waals surface area contributed by atoms with Gasteiger partial charge >= 0.3 is 11.9 Å². The molecule has 0 fully saturated rings. The fourth-order valence-electron chi connectivity index (χ4n) is 0.359. The molecule has 0 radical (unpaired) electrons. The quantitative estimate of drug-likeness (QED) is 0.407. The Balaban J connectivity index is 3.72. The summed E-state index contributed by atoms with van der Waals surface area (Å²) in [6.45, 7) is 0. The lowest BCUT2D eigenvalue weighted by Gasteiger charge is -2.03. The van der Waals surface area contributed by atoms with E-state index in [1.165, 1.54) is 0 Å². The summed E-state index contributed by atoms with van der Waals surface area (Å²) in [5.41, 5.74) is 4.99. The number of nitrogens with two attached hydrogens (primary N) is 2. The molecule has 5 N–H and O–H groups in total. The van der Waals surface area contributed by atoms with Crippen LogP contribution in [0.2, 0.25) is 0 Å². The molecular formula is C4H8N2O4. The maximum atomic E-state index is 10.3. The number of hydrogen-bond acceptors (Lipinski definition) is 5. The van der Waals surface area contributed by atoms with Crippen LogP contribution in [-0.4, -0.2) is 23.1 Å². The van der Waals surface area contributed by atoms with E-state index in [1.807, 2.05) is 0 Å². The van der Waals surface area contributed by atoms with E-state index in [2.05, 4.69) is 10.7 Å². The van der Waals surface area contributed by atoms with E-state index in [0.717, 1.165) is 0 Å². The van der Waals surface area contributed by atoms with Crippen LogP contribution in [0.3, 0.4) is 0 Å². The monoisotopic (exact) mass is 148 g/mol. The van der Waals surface area contributed by atoms with E-state index >= 15 is 0 Å². The molecule has 0 aliphatic carbocycles. The first-order chi connectivity index (χ1) is 4.57. The van der Waals surface area contributed by atoms with Gasteiger partial charge < -0.3 is 15.7 Å². The molecule has 0 heterocycles. The van der Waals surface area contributed by atoms with Crippen molar-refractivity contribution in [2.45, 2.75) is 12.5 Å². The Bertz CT molecular complexity index is 146. The predicted octanol–water partition coefficient (Wildman–Crippen LogP) is -1.79. The third kappa shape index (κ3) is 3.00.